The number of pyridine rings is 1. The van der Waals surface area contributed by atoms with Crippen molar-refractivity contribution in [3.05, 3.63) is 53.9 Å². The zero-order valence-corrected chi connectivity index (χ0v) is 13.2. The first-order chi connectivity index (χ1) is 10.3. The van der Waals surface area contributed by atoms with Crippen molar-refractivity contribution in [1.29, 1.82) is 5.26 Å². The van der Waals surface area contributed by atoms with E-state index in [1.165, 1.54) is 19.1 Å². The maximum atomic E-state index is 11.8. The predicted molar refractivity (Wildman–Crippen MR) is 82.7 cm³/mol. The molecule has 0 radical (unpaired) electrons. The minimum Gasteiger partial charge on any atom is -0.502 e. The van der Waals surface area contributed by atoms with Gasteiger partial charge in [-0.1, -0.05) is 15.9 Å². The van der Waals surface area contributed by atoms with Crippen molar-refractivity contribution in [2.75, 3.05) is 0 Å². The molecule has 0 unspecified atom stereocenters. The van der Waals surface area contributed by atoms with Gasteiger partial charge in [-0.25, -0.2) is 0 Å². The number of rotatable bonds is 2. The van der Waals surface area contributed by atoms with E-state index in [0.29, 0.717) is 10.2 Å². The third-order valence-corrected chi connectivity index (χ3v) is 4.04. The number of hydrogen-bond acceptors (Lipinski definition) is 5. The van der Waals surface area contributed by atoms with Crippen LogP contribution in [0.15, 0.2) is 21.4 Å². The van der Waals surface area contributed by atoms with Crippen molar-refractivity contribution in [3.8, 4) is 22.9 Å². The van der Waals surface area contributed by atoms with Crippen molar-refractivity contribution in [3.63, 3.8) is 0 Å². The highest BCUT2D eigenvalue weighted by atomic mass is 79.9. The van der Waals surface area contributed by atoms with Gasteiger partial charge in [-0.2, -0.15) is 5.26 Å². The molecule has 2 rings (SSSR count). The van der Waals surface area contributed by atoms with Crippen molar-refractivity contribution in [2.45, 2.75) is 13.8 Å². The molecule has 0 aliphatic rings. The molecule has 8 heteroatoms. The second kappa shape index (κ2) is 5.61. The number of nitrogens with zero attached hydrogens (tertiary/aromatic N) is 2. The molecule has 112 valence electrons. The van der Waals surface area contributed by atoms with Crippen molar-refractivity contribution in [1.82, 2.24) is 4.98 Å². The maximum Gasteiger partial charge on any atom is 0.315 e. The van der Waals surface area contributed by atoms with Gasteiger partial charge in [-0.15, -0.1) is 0 Å². The molecule has 2 aromatic rings. The van der Waals surface area contributed by atoms with E-state index in [0.717, 1.165) is 0 Å². The van der Waals surface area contributed by atoms with Crippen LogP contribution in [0.1, 0.15) is 16.8 Å². The van der Waals surface area contributed by atoms with Gasteiger partial charge in [0.25, 0.3) is 5.56 Å². The van der Waals surface area contributed by atoms with Crippen LogP contribution in [0.4, 0.5) is 5.69 Å². The van der Waals surface area contributed by atoms with Gasteiger partial charge in [-0.05, 0) is 26.0 Å². The number of aromatic hydroxyl groups is 1. The number of phenols is 1. The number of aromatic amines is 1. The third kappa shape index (κ3) is 2.46. The molecule has 7 nitrogen and oxygen atoms in total. The standard InChI is InChI=1S/C14H10BrN3O4/c1-6-3-8(10(5-16)14(20)17-6)9-4-11(15)7(2)12(13(9)19)18(21)22/h3-4,19H,1-2H3,(H,17,20). The molecule has 0 bridgehead atoms. The van der Waals surface area contributed by atoms with Crippen molar-refractivity contribution in [2.24, 2.45) is 0 Å². The molecule has 1 aromatic carbocycles. The molecule has 0 aliphatic heterocycles. The number of nitriles is 1. The monoisotopic (exact) mass is 363 g/mol. The Morgan fingerprint density at radius 1 is 1.36 bits per heavy atom. The summed E-state index contributed by atoms with van der Waals surface area (Å²) in [5, 5.41) is 30.5. The topological polar surface area (TPSA) is 120 Å². The smallest absolute Gasteiger partial charge is 0.315 e. The van der Waals surface area contributed by atoms with Crippen LogP contribution in [0, 0.1) is 35.3 Å². The fourth-order valence-electron chi connectivity index (χ4n) is 2.16. The summed E-state index contributed by atoms with van der Waals surface area (Å²) in [6.07, 6.45) is 0. The Bertz CT molecular complexity index is 896. The molecule has 1 heterocycles. The van der Waals surface area contributed by atoms with Crippen LogP contribution in [0.3, 0.4) is 0 Å². The Morgan fingerprint density at radius 3 is 2.55 bits per heavy atom. The Balaban J connectivity index is 2.95. The minimum atomic E-state index is -0.703. The molecule has 1 aromatic heterocycles. The number of hydrogen-bond donors (Lipinski definition) is 2. The summed E-state index contributed by atoms with van der Waals surface area (Å²) in [4.78, 5) is 24.8. The van der Waals surface area contributed by atoms with Crippen LogP contribution in [0.25, 0.3) is 11.1 Å². The molecule has 22 heavy (non-hydrogen) atoms. The lowest BCUT2D eigenvalue weighted by Crippen LogP contribution is -2.13. The van der Waals surface area contributed by atoms with Crippen LogP contribution in [0.5, 0.6) is 5.75 Å². The zero-order chi connectivity index (χ0) is 16.6. The van der Waals surface area contributed by atoms with E-state index in [2.05, 4.69) is 20.9 Å². The summed E-state index contributed by atoms with van der Waals surface area (Å²) >= 11 is 3.20. The Kier molecular flexibility index (Phi) is 4.01. The van der Waals surface area contributed by atoms with E-state index >= 15 is 0 Å². The Morgan fingerprint density at radius 2 is 2.00 bits per heavy atom. The summed E-state index contributed by atoms with van der Waals surface area (Å²) in [6.45, 7) is 3.10. The molecule has 0 atom stereocenters. The fourth-order valence-corrected chi connectivity index (χ4v) is 2.58. The highest BCUT2D eigenvalue weighted by Crippen LogP contribution is 2.43. The quantitative estimate of drug-likeness (QED) is 0.627. The van der Waals surface area contributed by atoms with E-state index in [9.17, 15) is 20.0 Å². The number of nitro benzene ring substituents is 1. The van der Waals surface area contributed by atoms with Gasteiger partial charge in [0.05, 0.1) is 4.92 Å². The summed E-state index contributed by atoms with van der Waals surface area (Å²) in [5.74, 6) is -0.577. The lowest BCUT2D eigenvalue weighted by atomic mass is 9.98. The number of H-pyrrole nitrogens is 1. The van der Waals surface area contributed by atoms with Gasteiger partial charge in [0.2, 0.25) is 5.75 Å². The van der Waals surface area contributed by atoms with Gasteiger partial charge in [0, 0.05) is 26.9 Å². The number of nitrogens with one attached hydrogen (secondary N) is 1. The maximum absolute atomic E-state index is 11.8. The molecule has 0 aliphatic carbocycles. The molecule has 0 saturated heterocycles. The van der Waals surface area contributed by atoms with Crippen molar-refractivity contribution >= 4 is 21.6 Å². The van der Waals surface area contributed by atoms with Gasteiger partial charge >= 0.3 is 5.69 Å². The first kappa shape index (κ1) is 15.7. The largest absolute Gasteiger partial charge is 0.502 e. The predicted octanol–water partition coefficient (Wildman–Crippen LogP) is 2.91. The number of phenolic OH excluding ortho intramolecular Hbond substituents is 1. The second-order valence-electron chi connectivity index (χ2n) is 4.67. The zero-order valence-electron chi connectivity index (χ0n) is 11.6. The molecular weight excluding hydrogens is 354 g/mol. The number of nitro groups is 1. The summed E-state index contributed by atoms with van der Waals surface area (Å²) < 4.78 is 0.397. The van der Waals surface area contributed by atoms with Gasteiger partial charge < -0.3 is 10.1 Å². The van der Waals surface area contributed by atoms with Crippen LogP contribution in [-0.4, -0.2) is 15.0 Å². The molecular formula is C14H10BrN3O4. The van der Waals surface area contributed by atoms with Gasteiger partial charge in [0.15, 0.2) is 0 Å². The third-order valence-electron chi connectivity index (χ3n) is 3.22. The molecule has 2 N–H and O–H groups in total. The molecule has 0 fully saturated rings. The first-order valence-corrected chi connectivity index (χ1v) is 6.88. The normalized spacial score (nSPS) is 10.3. The van der Waals surface area contributed by atoms with Crippen LogP contribution in [-0.2, 0) is 0 Å². The highest BCUT2D eigenvalue weighted by molar-refractivity contribution is 9.10. The highest BCUT2D eigenvalue weighted by Gasteiger charge is 2.26. The molecule has 0 amide bonds. The van der Waals surface area contributed by atoms with Crippen LogP contribution < -0.4 is 5.56 Å². The number of aryl methyl sites for hydroxylation is 1. The van der Waals surface area contributed by atoms with E-state index in [1.807, 2.05) is 0 Å². The second-order valence-corrected chi connectivity index (χ2v) is 5.52. The lowest BCUT2D eigenvalue weighted by Gasteiger charge is -2.11. The molecule has 0 spiro atoms. The number of aromatic nitrogens is 1. The van der Waals surface area contributed by atoms with Crippen LogP contribution >= 0.6 is 15.9 Å². The van der Waals surface area contributed by atoms with Gasteiger partial charge in [-0.3, -0.25) is 14.9 Å². The molecule has 0 saturated carbocycles. The summed E-state index contributed by atoms with van der Waals surface area (Å²) in [7, 11) is 0. The Hall–Kier alpha value is -2.66. The number of halogens is 1. The average molecular weight is 364 g/mol. The van der Waals surface area contributed by atoms with E-state index < -0.39 is 21.9 Å². The summed E-state index contributed by atoms with van der Waals surface area (Å²) in [6, 6.07) is 4.70. The van der Waals surface area contributed by atoms with Crippen molar-refractivity contribution < 1.29 is 10.0 Å². The Labute approximate surface area is 133 Å². The lowest BCUT2D eigenvalue weighted by molar-refractivity contribution is -0.386. The van der Waals surface area contributed by atoms with E-state index in [4.69, 9.17) is 5.26 Å². The van der Waals surface area contributed by atoms with Gasteiger partial charge in [0.1, 0.15) is 11.6 Å². The number of benzene rings is 1. The first-order valence-electron chi connectivity index (χ1n) is 6.08. The van der Waals surface area contributed by atoms with E-state index in [-0.39, 0.29) is 22.3 Å². The van der Waals surface area contributed by atoms with Crippen LogP contribution in [0.2, 0.25) is 0 Å². The average Bonchev–Trinajstić information content (AvgIpc) is 2.42. The SMILES string of the molecule is Cc1cc(-c2cc(Br)c(C)c([N+](=O)[O-])c2O)c(C#N)c(=O)[nH]1. The fraction of sp³-hybridized carbons (Fsp3) is 0.143. The summed E-state index contributed by atoms with van der Waals surface area (Å²) in [5.41, 5.74) is -0.377. The van der Waals surface area contributed by atoms with E-state index in [1.54, 1.807) is 13.0 Å². The minimum absolute atomic E-state index is 0.0509.